The molecule has 1 aromatic rings. The van der Waals surface area contributed by atoms with E-state index in [1.807, 2.05) is 44.2 Å². The number of hydrogen-bond donors (Lipinski definition) is 3. The summed E-state index contributed by atoms with van der Waals surface area (Å²) in [5, 5.41) is 15.3. The van der Waals surface area contributed by atoms with Crippen molar-refractivity contribution in [2.24, 2.45) is 5.92 Å². The lowest BCUT2D eigenvalue weighted by Crippen LogP contribution is -2.37. The number of allylic oxidation sites excluding steroid dienone is 2. The Hall–Kier alpha value is -2.40. The molecule has 1 atom stereocenters. The van der Waals surface area contributed by atoms with Crippen molar-refractivity contribution in [2.75, 3.05) is 11.9 Å². The number of benzene rings is 1. The summed E-state index contributed by atoms with van der Waals surface area (Å²) < 4.78 is 0. The van der Waals surface area contributed by atoms with Crippen molar-refractivity contribution in [3.05, 3.63) is 53.9 Å². The molecule has 1 unspecified atom stereocenters. The zero-order valence-electron chi connectivity index (χ0n) is 13.4. The van der Waals surface area contributed by atoms with Gasteiger partial charge in [0.25, 0.3) is 0 Å². The highest BCUT2D eigenvalue weighted by Crippen LogP contribution is 2.16. The fraction of sp³-hybridized carbons (Fsp3) is 0.333. The van der Waals surface area contributed by atoms with Gasteiger partial charge in [0.1, 0.15) is 0 Å². The molecule has 23 heavy (non-hydrogen) atoms. The first-order valence-corrected chi connectivity index (χ1v) is 7.71. The van der Waals surface area contributed by atoms with E-state index in [0.29, 0.717) is 12.3 Å². The second-order valence-electron chi connectivity index (χ2n) is 5.99. The molecular weight excluding hydrogens is 292 g/mol. The predicted molar refractivity (Wildman–Crippen MR) is 89.7 cm³/mol. The third-order valence-corrected chi connectivity index (χ3v) is 3.47. The minimum Gasteiger partial charge on any atom is -0.394 e. The predicted octanol–water partition coefficient (Wildman–Crippen LogP) is 2.01. The van der Waals surface area contributed by atoms with Crippen molar-refractivity contribution in [3.63, 3.8) is 0 Å². The Morgan fingerprint density at radius 1 is 1.00 bits per heavy atom. The summed E-state index contributed by atoms with van der Waals surface area (Å²) in [5.41, 5.74) is 1.22. The summed E-state index contributed by atoms with van der Waals surface area (Å²) in [6, 6.07) is 8.96. The normalized spacial score (nSPS) is 16.0. The highest BCUT2D eigenvalue weighted by atomic mass is 16.3. The number of carbonyl (C=O) groups is 2. The zero-order valence-corrected chi connectivity index (χ0v) is 13.4. The molecule has 3 N–H and O–H groups in total. The van der Waals surface area contributed by atoms with Crippen LogP contribution in [0.25, 0.3) is 0 Å². The molecule has 1 aromatic carbocycles. The van der Waals surface area contributed by atoms with E-state index in [0.717, 1.165) is 5.69 Å². The van der Waals surface area contributed by atoms with Gasteiger partial charge in [-0.25, -0.2) is 0 Å². The van der Waals surface area contributed by atoms with Gasteiger partial charge in [0.2, 0.25) is 11.6 Å². The number of aliphatic hydroxyl groups is 1. The number of rotatable bonds is 7. The van der Waals surface area contributed by atoms with Gasteiger partial charge in [-0.2, -0.15) is 0 Å². The molecule has 0 fully saturated rings. The van der Waals surface area contributed by atoms with Crippen molar-refractivity contribution in [1.82, 2.24) is 5.32 Å². The molecule has 1 aliphatic rings. The van der Waals surface area contributed by atoms with Crippen LogP contribution in [0, 0.1) is 5.92 Å². The van der Waals surface area contributed by atoms with Gasteiger partial charge in [-0.05, 0) is 24.5 Å². The van der Waals surface area contributed by atoms with E-state index in [4.69, 9.17) is 0 Å². The molecule has 0 heterocycles. The third kappa shape index (κ3) is 4.79. The van der Waals surface area contributed by atoms with Crippen LogP contribution in [0.3, 0.4) is 0 Å². The Morgan fingerprint density at radius 3 is 2.22 bits per heavy atom. The SMILES string of the molecule is CC(C)CC(CO)NC1=CC(=O)C(Nc2ccccc2)=CC1=O. The van der Waals surface area contributed by atoms with Crippen LogP contribution < -0.4 is 10.6 Å². The maximum Gasteiger partial charge on any atom is 0.204 e. The average molecular weight is 314 g/mol. The van der Waals surface area contributed by atoms with Crippen molar-refractivity contribution < 1.29 is 14.7 Å². The van der Waals surface area contributed by atoms with E-state index in [1.54, 1.807) is 0 Å². The lowest BCUT2D eigenvalue weighted by molar-refractivity contribution is -0.115. The number of anilines is 1. The molecule has 2 rings (SSSR count). The van der Waals surface area contributed by atoms with Crippen molar-refractivity contribution >= 4 is 17.3 Å². The first-order valence-electron chi connectivity index (χ1n) is 7.71. The number of ketones is 2. The van der Waals surface area contributed by atoms with E-state index in [2.05, 4.69) is 10.6 Å². The Labute approximate surface area is 136 Å². The van der Waals surface area contributed by atoms with Gasteiger partial charge in [0, 0.05) is 23.9 Å². The van der Waals surface area contributed by atoms with Crippen LogP contribution in [0.5, 0.6) is 0 Å². The summed E-state index contributed by atoms with van der Waals surface area (Å²) in [5.74, 6) is -0.164. The number of hydrogen-bond acceptors (Lipinski definition) is 5. The van der Waals surface area contributed by atoms with E-state index in [-0.39, 0.29) is 35.6 Å². The standard InChI is InChI=1S/C18H22N2O3/c1-12(2)8-14(11-21)20-16-10-17(22)15(9-18(16)23)19-13-6-4-3-5-7-13/h3-7,9-10,12,14,19-21H,8,11H2,1-2H3. The van der Waals surface area contributed by atoms with Gasteiger partial charge < -0.3 is 15.7 Å². The molecule has 1 aliphatic carbocycles. The van der Waals surface area contributed by atoms with Crippen molar-refractivity contribution in [2.45, 2.75) is 26.3 Å². The molecule has 0 spiro atoms. The number of carbonyl (C=O) groups excluding carboxylic acids is 2. The molecule has 0 aromatic heterocycles. The summed E-state index contributed by atoms with van der Waals surface area (Å²) in [6.07, 6.45) is 3.30. The molecule has 0 aliphatic heterocycles. The lowest BCUT2D eigenvalue weighted by Gasteiger charge is -2.22. The van der Waals surface area contributed by atoms with Crippen LogP contribution in [0.1, 0.15) is 20.3 Å². The molecule has 0 saturated heterocycles. The van der Waals surface area contributed by atoms with E-state index in [9.17, 15) is 14.7 Å². The fourth-order valence-corrected chi connectivity index (χ4v) is 2.42. The minimum absolute atomic E-state index is 0.0875. The van der Waals surface area contributed by atoms with Crippen LogP contribution in [0.15, 0.2) is 53.9 Å². The fourth-order valence-electron chi connectivity index (χ4n) is 2.42. The van der Waals surface area contributed by atoms with Crippen molar-refractivity contribution in [3.8, 4) is 0 Å². The zero-order chi connectivity index (χ0) is 16.8. The monoisotopic (exact) mass is 314 g/mol. The second-order valence-corrected chi connectivity index (χ2v) is 5.99. The lowest BCUT2D eigenvalue weighted by atomic mass is 10.0. The molecule has 0 saturated carbocycles. The summed E-state index contributed by atoms with van der Waals surface area (Å²) >= 11 is 0. The van der Waals surface area contributed by atoms with Gasteiger partial charge in [0.05, 0.1) is 18.0 Å². The van der Waals surface area contributed by atoms with E-state index >= 15 is 0 Å². The van der Waals surface area contributed by atoms with E-state index in [1.165, 1.54) is 12.2 Å². The quantitative estimate of drug-likeness (QED) is 0.671. The molecule has 0 amide bonds. The topological polar surface area (TPSA) is 78.4 Å². The average Bonchev–Trinajstić information content (AvgIpc) is 2.52. The molecule has 122 valence electrons. The van der Waals surface area contributed by atoms with Gasteiger partial charge in [0.15, 0.2) is 0 Å². The summed E-state index contributed by atoms with van der Waals surface area (Å²) in [6.45, 7) is 3.98. The number of para-hydroxylation sites is 1. The van der Waals surface area contributed by atoms with Crippen LogP contribution in [-0.4, -0.2) is 29.3 Å². The highest BCUT2D eigenvalue weighted by molar-refractivity contribution is 6.20. The van der Waals surface area contributed by atoms with Crippen LogP contribution in [0.2, 0.25) is 0 Å². The van der Waals surface area contributed by atoms with Crippen molar-refractivity contribution in [1.29, 1.82) is 0 Å². The summed E-state index contributed by atoms with van der Waals surface area (Å²) in [4.78, 5) is 24.4. The Balaban J connectivity index is 2.06. The Kier molecular flexibility index (Phi) is 5.71. The molecular formula is C18H22N2O3. The summed E-state index contributed by atoms with van der Waals surface area (Å²) in [7, 11) is 0. The molecule has 0 bridgehead atoms. The largest absolute Gasteiger partial charge is 0.394 e. The maximum absolute atomic E-state index is 12.2. The van der Waals surface area contributed by atoms with Crippen LogP contribution in [-0.2, 0) is 9.59 Å². The van der Waals surface area contributed by atoms with Crippen LogP contribution >= 0.6 is 0 Å². The smallest absolute Gasteiger partial charge is 0.204 e. The molecule has 0 radical (unpaired) electrons. The Bertz CT molecular complexity index is 633. The first kappa shape index (κ1) is 17.0. The van der Waals surface area contributed by atoms with Crippen LogP contribution in [0.4, 0.5) is 5.69 Å². The number of nitrogens with one attached hydrogen (secondary N) is 2. The second kappa shape index (κ2) is 7.74. The first-order chi connectivity index (χ1) is 11.0. The Morgan fingerprint density at radius 2 is 1.61 bits per heavy atom. The van der Waals surface area contributed by atoms with E-state index < -0.39 is 0 Å². The van der Waals surface area contributed by atoms with Gasteiger partial charge in [-0.15, -0.1) is 0 Å². The highest BCUT2D eigenvalue weighted by Gasteiger charge is 2.22. The number of aliphatic hydroxyl groups excluding tert-OH is 1. The maximum atomic E-state index is 12.2. The van der Waals surface area contributed by atoms with Gasteiger partial charge >= 0.3 is 0 Å². The third-order valence-electron chi connectivity index (χ3n) is 3.47. The minimum atomic E-state index is -0.273. The van der Waals surface area contributed by atoms with Gasteiger partial charge in [-0.1, -0.05) is 32.0 Å². The van der Waals surface area contributed by atoms with Gasteiger partial charge in [-0.3, -0.25) is 9.59 Å². The molecule has 5 heteroatoms. The molecule has 5 nitrogen and oxygen atoms in total.